The molecule has 2 atom stereocenters. The predicted molar refractivity (Wildman–Crippen MR) is 89.9 cm³/mol. The molecule has 0 radical (unpaired) electrons. The standard InChI is InChI=1S/C19H26N2O2/c1-14-4-6-15(7-5-14)11-16-3-2-10-21(13-16)19(23)17-8-9-18(22)20-12-17/h4-7,16-17H,2-3,8-13H2,1H3,(H,20,22)/t16-,17+/m1/s1. The van der Waals surface area contributed by atoms with Gasteiger partial charge in [0, 0.05) is 26.1 Å². The summed E-state index contributed by atoms with van der Waals surface area (Å²) in [6.45, 7) is 4.34. The zero-order chi connectivity index (χ0) is 16.2. The van der Waals surface area contributed by atoms with Gasteiger partial charge in [-0.1, -0.05) is 29.8 Å². The fraction of sp³-hybridized carbons (Fsp3) is 0.579. The highest BCUT2D eigenvalue weighted by Crippen LogP contribution is 2.24. The largest absolute Gasteiger partial charge is 0.355 e. The minimum atomic E-state index is -0.0224. The Kier molecular flexibility index (Phi) is 4.99. The lowest BCUT2D eigenvalue weighted by Crippen LogP contribution is -2.48. The lowest BCUT2D eigenvalue weighted by Gasteiger charge is -2.36. The van der Waals surface area contributed by atoms with Crippen LogP contribution in [0.3, 0.4) is 0 Å². The highest BCUT2D eigenvalue weighted by molar-refractivity contribution is 5.83. The zero-order valence-corrected chi connectivity index (χ0v) is 13.9. The van der Waals surface area contributed by atoms with Gasteiger partial charge in [-0.05, 0) is 44.1 Å². The monoisotopic (exact) mass is 314 g/mol. The lowest BCUT2D eigenvalue weighted by atomic mass is 9.89. The molecule has 4 heteroatoms. The van der Waals surface area contributed by atoms with Gasteiger partial charge in [0.05, 0.1) is 5.92 Å². The average Bonchev–Trinajstić information content (AvgIpc) is 2.57. The summed E-state index contributed by atoms with van der Waals surface area (Å²) in [6, 6.07) is 8.72. The Bertz CT molecular complexity index is 557. The van der Waals surface area contributed by atoms with Crippen molar-refractivity contribution in [2.45, 2.75) is 39.0 Å². The van der Waals surface area contributed by atoms with E-state index in [2.05, 4.69) is 36.5 Å². The van der Waals surface area contributed by atoms with Crippen molar-refractivity contribution in [3.63, 3.8) is 0 Å². The van der Waals surface area contributed by atoms with Gasteiger partial charge in [0.25, 0.3) is 0 Å². The Morgan fingerprint density at radius 2 is 2.04 bits per heavy atom. The molecular weight excluding hydrogens is 288 g/mol. The van der Waals surface area contributed by atoms with Crippen LogP contribution in [0, 0.1) is 18.8 Å². The van der Waals surface area contributed by atoms with Crippen LogP contribution in [-0.4, -0.2) is 36.3 Å². The fourth-order valence-corrected chi connectivity index (χ4v) is 3.69. The first-order valence-electron chi connectivity index (χ1n) is 8.73. The van der Waals surface area contributed by atoms with Crippen molar-refractivity contribution < 1.29 is 9.59 Å². The summed E-state index contributed by atoms with van der Waals surface area (Å²) in [5, 5.41) is 2.82. The SMILES string of the molecule is Cc1ccc(C[C@H]2CCCN(C(=O)[C@H]3CCC(=O)NC3)C2)cc1. The van der Waals surface area contributed by atoms with Crippen molar-refractivity contribution in [2.75, 3.05) is 19.6 Å². The molecule has 4 nitrogen and oxygen atoms in total. The number of aryl methyl sites for hydroxylation is 1. The Hall–Kier alpha value is -1.84. The Balaban J connectivity index is 1.56. The van der Waals surface area contributed by atoms with Gasteiger partial charge in [-0.25, -0.2) is 0 Å². The molecule has 0 bridgehead atoms. The molecule has 0 spiro atoms. The van der Waals surface area contributed by atoms with E-state index in [0.29, 0.717) is 25.3 Å². The normalized spacial score (nSPS) is 25.1. The summed E-state index contributed by atoms with van der Waals surface area (Å²) in [5.41, 5.74) is 2.65. The molecule has 23 heavy (non-hydrogen) atoms. The van der Waals surface area contributed by atoms with Crippen molar-refractivity contribution >= 4 is 11.8 Å². The van der Waals surface area contributed by atoms with Crippen molar-refractivity contribution in [3.05, 3.63) is 35.4 Å². The molecule has 0 unspecified atom stereocenters. The molecule has 1 N–H and O–H groups in total. The highest BCUT2D eigenvalue weighted by Gasteiger charge is 2.31. The summed E-state index contributed by atoms with van der Waals surface area (Å²) < 4.78 is 0. The van der Waals surface area contributed by atoms with E-state index in [1.807, 2.05) is 4.90 Å². The zero-order valence-electron chi connectivity index (χ0n) is 13.9. The van der Waals surface area contributed by atoms with Gasteiger partial charge in [0.15, 0.2) is 0 Å². The van der Waals surface area contributed by atoms with E-state index < -0.39 is 0 Å². The van der Waals surface area contributed by atoms with Crippen molar-refractivity contribution in [3.8, 4) is 0 Å². The van der Waals surface area contributed by atoms with Gasteiger partial charge >= 0.3 is 0 Å². The molecule has 0 saturated carbocycles. The highest BCUT2D eigenvalue weighted by atomic mass is 16.2. The molecule has 2 aliphatic heterocycles. The topological polar surface area (TPSA) is 49.4 Å². The van der Waals surface area contributed by atoms with Crippen LogP contribution < -0.4 is 5.32 Å². The first kappa shape index (κ1) is 16.0. The van der Waals surface area contributed by atoms with Crippen LogP contribution in [0.4, 0.5) is 0 Å². The number of nitrogens with zero attached hydrogens (tertiary/aromatic N) is 1. The molecule has 2 aliphatic rings. The van der Waals surface area contributed by atoms with Gasteiger partial charge < -0.3 is 10.2 Å². The van der Waals surface area contributed by atoms with Gasteiger partial charge in [0.1, 0.15) is 0 Å². The summed E-state index contributed by atoms with van der Waals surface area (Å²) in [6.07, 6.45) is 4.51. The van der Waals surface area contributed by atoms with Crippen LogP contribution in [0.25, 0.3) is 0 Å². The third-order valence-corrected chi connectivity index (χ3v) is 5.09. The van der Waals surface area contributed by atoms with E-state index in [-0.39, 0.29) is 17.7 Å². The lowest BCUT2D eigenvalue weighted by molar-refractivity contribution is -0.139. The molecule has 2 saturated heterocycles. The number of carbonyl (C=O) groups excluding carboxylic acids is 2. The second kappa shape index (κ2) is 7.16. The van der Waals surface area contributed by atoms with Gasteiger partial charge in [-0.15, -0.1) is 0 Å². The maximum Gasteiger partial charge on any atom is 0.227 e. The maximum absolute atomic E-state index is 12.7. The Morgan fingerprint density at radius 1 is 1.26 bits per heavy atom. The van der Waals surface area contributed by atoms with Gasteiger partial charge in [-0.3, -0.25) is 9.59 Å². The fourth-order valence-electron chi connectivity index (χ4n) is 3.69. The summed E-state index contributed by atoms with van der Waals surface area (Å²) in [7, 11) is 0. The van der Waals surface area contributed by atoms with Crippen molar-refractivity contribution in [1.82, 2.24) is 10.2 Å². The number of likely N-dealkylation sites (tertiary alicyclic amines) is 1. The predicted octanol–water partition coefficient (Wildman–Crippen LogP) is 2.30. The van der Waals surface area contributed by atoms with Crippen molar-refractivity contribution in [2.24, 2.45) is 11.8 Å². The van der Waals surface area contributed by atoms with Crippen LogP contribution in [0.15, 0.2) is 24.3 Å². The number of rotatable bonds is 3. The van der Waals surface area contributed by atoms with Gasteiger partial charge in [-0.2, -0.15) is 0 Å². The second-order valence-corrected chi connectivity index (χ2v) is 7.02. The number of hydrogen-bond acceptors (Lipinski definition) is 2. The first-order valence-corrected chi connectivity index (χ1v) is 8.73. The minimum Gasteiger partial charge on any atom is -0.355 e. The summed E-state index contributed by atoms with van der Waals surface area (Å²) in [5.74, 6) is 0.836. The number of piperidine rings is 2. The first-order chi connectivity index (χ1) is 11.1. The third-order valence-electron chi connectivity index (χ3n) is 5.09. The van der Waals surface area contributed by atoms with E-state index >= 15 is 0 Å². The molecule has 124 valence electrons. The molecule has 2 amide bonds. The quantitative estimate of drug-likeness (QED) is 0.931. The maximum atomic E-state index is 12.7. The smallest absolute Gasteiger partial charge is 0.227 e. The summed E-state index contributed by atoms with van der Waals surface area (Å²) >= 11 is 0. The molecular formula is C19H26N2O2. The number of carbonyl (C=O) groups is 2. The Morgan fingerprint density at radius 3 is 2.74 bits per heavy atom. The number of hydrogen-bond donors (Lipinski definition) is 1. The van der Waals surface area contributed by atoms with Crippen LogP contribution in [0.2, 0.25) is 0 Å². The van der Waals surface area contributed by atoms with Crippen LogP contribution in [0.1, 0.15) is 36.8 Å². The average molecular weight is 314 g/mol. The molecule has 2 fully saturated rings. The van der Waals surface area contributed by atoms with E-state index in [9.17, 15) is 9.59 Å². The van der Waals surface area contributed by atoms with E-state index in [4.69, 9.17) is 0 Å². The number of amides is 2. The number of benzene rings is 1. The van der Waals surface area contributed by atoms with E-state index in [1.54, 1.807) is 0 Å². The van der Waals surface area contributed by atoms with Crippen LogP contribution >= 0.6 is 0 Å². The molecule has 2 heterocycles. The van der Waals surface area contributed by atoms with Crippen LogP contribution in [-0.2, 0) is 16.0 Å². The Labute approximate surface area is 138 Å². The third kappa shape index (κ3) is 4.12. The molecule has 3 rings (SSSR count). The summed E-state index contributed by atoms with van der Waals surface area (Å²) in [4.78, 5) is 26.0. The van der Waals surface area contributed by atoms with Gasteiger partial charge in [0.2, 0.25) is 11.8 Å². The molecule has 1 aromatic rings. The minimum absolute atomic E-state index is 0.0224. The molecule has 0 aromatic heterocycles. The van der Waals surface area contributed by atoms with E-state index in [1.165, 1.54) is 17.5 Å². The molecule has 0 aliphatic carbocycles. The molecule has 1 aromatic carbocycles. The van der Waals surface area contributed by atoms with Crippen molar-refractivity contribution in [1.29, 1.82) is 0 Å². The second-order valence-electron chi connectivity index (χ2n) is 7.02. The van der Waals surface area contributed by atoms with Crippen LogP contribution in [0.5, 0.6) is 0 Å². The van der Waals surface area contributed by atoms with E-state index in [0.717, 1.165) is 25.9 Å². The number of nitrogens with one attached hydrogen (secondary N) is 1.